The van der Waals surface area contributed by atoms with E-state index < -0.39 is 0 Å². The van der Waals surface area contributed by atoms with Gasteiger partial charge < -0.3 is 14.8 Å². The van der Waals surface area contributed by atoms with Gasteiger partial charge in [0.05, 0.1) is 6.33 Å². The molecule has 2 heterocycles. The number of hydrogen-bond donors (Lipinski definition) is 1. The van der Waals surface area contributed by atoms with Crippen molar-refractivity contribution in [1.29, 1.82) is 0 Å². The lowest BCUT2D eigenvalue weighted by molar-refractivity contribution is -0.134. The van der Waals surface area contributed by atoms with Crippen LogP contribution in [0.2, 0.25) is 0 Å². The van der Waals surface area contributed by atoms with Gasteiger partial charge >= 0.3 is 0 Å². The molecule has 1 aliphatic heterocycles. The predicted molar refractivity (Wildman–Crippen MR) is 98.0 cm³/mol. The zero-order valence-corrected chi connectivity index (χ0v) is 14.8. The molecular formula is C20H24N4O2. The molecule has 2 aromatic rings. The van der Waals surface area contributed by atoms with Crippen LogP contribution in [0.5, 0.6) is 0 Å². The summed E-state index contributed by atoms with van der Waals surface area (Å²) in [6.45, 7) is 1.37. The second-order valence-corrected chi connectivity index (χ2v) is 7.24. The number of carbonyl (C=O) groups excluding carboxylic acids is 2. The van der Waals surface area contributed by atoms with Gasteiger partial charge in [0, 0.05) is 48.7 Å². The average Bonchev–Trinajstić information content (AvgIpc) is 3.43. The number of hydrogen-bond acceptors (Lipinski definition) is 3. The fourth-order valence-corrected chi connectivity index (χ4v) is 4.00. The molecule has 6 heteroatoms. The van der Waals surface area contributed by atoms with Crippen LogP contribution in [0.3, 0.4) is 0 Å². The first-order chi connectivity index (χ1) is 12.7. The Hall–Kier alpha value is -2.63. The van der Waals surface area contributed by atoms with Gasteiger partial charge in [0.2, 0.25) is 5.91 Å². The number of likely N-dealkylation sites (tertiary alicyclic amines) is 1. The fourth-order valence-electron chi connectivity index (χ4n) is 4.00. The first kappa shape index (κ1) is 16.8. The van der Waals surface area contributed by atoms with E-state index in [-0.39, 0.29) is 23.8 Å². The summed E-state index contributed by atoms with van der Waals surface area (Å²) < 4.78 is 1.87. The first-order valence-corrected chi connectivity index (χ1v) is 9.39. The number of carbonyl (C=O) groups is 2. The number of benzene rings is 1. The molecule has 4 rings (SSSR count). The van der Waals surface area contributed by atoms with Crippen LogP contribution in [-0.4, -0.2) is 45.4 Å². The van der Waals surface area contributed by atoms with E-state index in [2.05, 4.69) is 10.3 Å². The molecule has 0 radical (unpaired) electrons. The Bertz CT molecular complexity index is 781. The Balaban J connectivity index is 1.37. The molecule has 0 unspecified atom stereocenters. The molecule has 1 aromatic carbocycles. The Kier molecular flexibility index (Phi) is 4.73. The molecule has 6 nitrogen and oxygen atoms in total. The number of aromatic nitrogens is 2. The maximum Gasteiger partial charge on any atom is 0.251 e. The third kappa shape index (κ3) is 3.49. The molecule has 136 valence electrons. The standard InChI is InChI=1S/C20H24N4O2/c25-19(16-6-3-7-18(12-16)24-11-9-21-14-24)22-17-8-10-23(13-17)20(26)15-4-1-2-5-15/h3,6-7,9,11-12,14-15,17H,1-2,4-5,8,10,13H2,(H,22,25)/t17-/m0/s1. The molecule has 0 bridgehead atoms. The van der Waals surface area contributed by atoms with Crippen LogP contribution in [0.25, 0.3) is 5.69 Å². The summed E-state index contributed by atoms with van der Waals surface area (Å²) in [6, 6.07) is 7.51. The van der Waals surface area contributed by atoms with Crippen molar-refractivity contribution >= 4 is 11.8 Å². The summed E-state index contributed by atoms with van der Waals surface area (Å²) >= 11 is 0. The average molecular weight is 352 g/mol. The highest BCUT2D eigenvalue weighted by molar-refractivity contribution is 5.95. The van der Waals surface area contributed by atoms with Crippen molar-refractivity contribution in [2.45, 2.75) is 38.1 Å². The van der Waals surface area contributed by atoms with Crippen LogP contribution >= 0.6 is 0 Å². The number of amides is 2. The maximum atomic E-state index is 12.6. The zero-order valence-electron chi connectivity index (χ0n) is 14.8. The van der Waals surface area contributed by atoms with Gasteiger partial charge in [0.25, 0.3) is 5.91 Å². The van der Waals surface area contributed by atoms with Crippen molar-refractivity contribution in [2.24, 2.45) is 5.92 Å². The lowest BCUT2D eigenvalue weighted by Gasteiger charge is -2.20. The van der Waals surface area contributed by atoms with E-state index in [4.69, 9.17) is 0 Å². The van der Waals surface area contributed by atoms with Gasteiger partial charge in [-0.3, -0.25) is 9.59 Å². The molecule has 2 aliphatic rings. The Labute approximate surface area is 153 Å². The Morgan fingerprint density at radius 1 is 1.15 bits per heavy atom. The van der Waals surface area contributed by atoms with Crippen molar-refractivity contribution in [3.63, 3.8) is 0 Å². The van der Waals surface area contributed by atoms with E-state index >= 15 is 0 Å². The van der Waals surface area contributed by atoms with E-state index in [0.717, 1.165) is 44.3 Å². The normalized spacial score (nSPS) is 20.5. The molecule has 1 saturated carbocycles. The van der Waals surface area contributed by atoms with Gasteiger partial charge in [-0.1, -0.05) is 18.9 Å². The highest BCUT2D eigenvalue weighted by Crippen LogP contribution is 2.27. The topological polar surface area (TPSA) is 67.2 Å². The number of nitrogens with one attached hydrogen (secondary N) is 1. The van der Waals surface area contributed by atoms with E-state index in [1.165, 1.54) is 0 Å². The molecule has 0 spiro atoms. The molecule has 1 atom stereocenters. The summed E-state index contributed by atoms with van der Waals surface area (Å²) in [5.74, 6) is 0.393. The second kappa shape index (κ2) is 7.32. The lowest BCUT2D eigenvalue weighted by Crippen LogP contribution is -2.39. The molecule has 26 heavy (non-hydrogen) atoms. The quantitative estimate of drug-likeness (QED) is 0.919. The van der Waals surface area contributed by atoms with E-state index in [9.17, 15) is 9.59 Å². The smallest absolute Gasteiger partial charge is 0.251 e. The monoisotopic (exact) mass is 352 g/mol. The third-order valence-corrected chi connectivity index (χ3v) is 5.45. The van der Waals surface area contributed by atoms with E-state index in [0.29, 0.717) is 12.1 Å². The SMILES string of the molecule is O=C(N[C@H]1CCN(C(=O)C2CCCC2)C1)c1cccc(-n2ccnc2)c1. The fraction of sp³-hybridized carbons (Fsp3) is 0.450. The molecule has 1 aliphatic carbocycles. The summed E-state index contributed by atoms with van der Waals surface area (Å²) in [5.41, 5.74) is 1.52. The van der Waals surface area contributed by atoms with Crippen LogP contribution in [0.15, 0.2) is 43.0 Å². The van der Waals surface area contributed by atoms with Crippen molar-refractivity contribution in [1.82, 2.24) is 19.8 Å². The van der Waals surface area contributed by atoms with Crippen LogP contribution in [-0.2, 0) is 4.79 Å². The zero-order chi connectivity index (χ0) is 17.9. The molecule has 1 saturated heterocycles. The second-order valence-electron chi connectivity index (χ2n) is 7.24. The van der Waals surface area contributed by atoms with Crippen LogP contribution < -0.4 is 5.32 Å². The molecule has 2 fully saturated rings. The highest BCUT2D eigenvalue weighted by atomic mass is 16.2. The predicted octanol–water partition coefficient (Wildman–Crippen LogP) is 2.39. The highest BCUT2D eigenvalue weighted by Gasteiger charge is 2.32. The van der Waals surface area contributed by atoms with Gasteiger partial charge in [-0.15, -0.1) is 0 Å². The number of imidazole rings is 1. The largest absolute Gasteiger partial charge is 0.347 e. The molecule has 2 amide bonds. The number of rotatable bonds is 4. The van der Waals surface area contributed by atoms with Crippen molar-refractivity contribution < 1.29 is 9.59 Å². The summed E-state index contributed by atoms with van der Waals surface area (Å²) in [7, 11) is 0. The minimum absolute atomic E-state index is 0.0322. The Morgan fingerprint density at radius 3 is 2.77 bits per heavy atom. The summed E-state index contributed by atoms with van der Waals surface area (Å²) in [4.78, 5) is 31.1. The summed E-state index contributed by atoms with van der Waals surface area (Å²) in [6.07, 6.45) is 10.5. The molecular weight excluding hydrogens is 328 g/mol. The number of nitrogens with zero attached hydrogens (tertiary/aromatic N) is 3. The van der Waals surface area contributed by atoms with Crippen LogP contribution in [0, 0.1) is 5.92 Å². The van der Waals surface area contributed by atoms with Crippen LogP contribution in [0.4, 0.5) is 0 Å². The lowest BCUT2D eigenvalue weighted by atomic mass is 10.1. The van der Waals surface area contributed by atoms with Crippen molar-refractivity contribution in [3.8, 4) is 5.69 Å². The van der Waals surface area contributed by atoms with E-state index in [1.807, 2.05) is 39.9 Å². The maximum absolute atomic E-state index is 12.6. The minimum atomic E-state index is -0.0906. The van der Waals surface area contributed by atoms with Gasteiger partial charge in [-0.05, 0) is 37.5 Å². The first-order valence-electron chi connectivity index (χ1n) is 9.39. The summed E-state index contributed by atoms with van der Waals surface area (Å²) in [5, 5.41) is 3.09. The van der Waals surface area contributed by atoms with Gasteiger partial charge in [0.1, 0.15) is 0 Å². The third-order valence-electron chi connectivity index (χ3n) is 5.45. The van der Waals surface area contributed by atoms with Crippen LogP contribution in [0.1, 0.15) is 42.5 Å². The molecule has 1 N–H and O–H groups in total. The van der Waals surface area contributed by atoms with Crippen molar-refractivity contribution in [3.05, 3.63) is 48.5 Å². The van der Waals surface area contributed by atoms with Gasteiger partial charge in [-0.25, -0.2) is 4.98 Å². The minimum Gasteiger partial charge on any atom is -0.347 e. The molecule has 1 aromatic heterocycles. The van der Waals surface area contributed by atoms with Gasteiger partial charge in [-0.2, -0.15) is 0 Å². The van der Waals surface area contributed by atoms with Crippen molar-refractivity contribution in [2.75, 3.05) is 13.1 Å². The van der Waals surface area contributed by atoms with Gasteiger partial charge in [0.15, 0.2) is 0 Å². The Morgan fingerprint density at radius 2 is 2.00 bits per heavy atom. The van der Waals surface area contributed by atoms with E-state index in [1.54, 1.807) is 12.5 Å².